The van der Waals surface area contributed by atoms with Gasteiger partial charge in [0.25, 0.3) is 0 Å². The predicted octanol–water partition coefficient (Wildman–Crippen LogP) is 4.59. The number of halogens is 3. The molecule has 0 bridgehead atoms. The molecule has 1 aliphatic rings. The summed E-state index contributed by atoms with van der Waals surface area (Å²) < 4.78 is 46.9. The van der Waals surface area contributed by atoms with Crippen LogP contribution in [-0.4, -0.2) is 49.6 Å². The molecule has 34 heavy (non-hydrogen) atoms. The van der Waals surface area contributed by atoms with Crippen LogP contribution in [0.3, 0.4) is 0 Å². The van der Waals surface area contributed by atoms with Crippen LogP contribution in [0.1, 0.15) is 12.0 Å². The van der Waals surface area contributed by atoms with Crippen LogP contribution in [0.5, 0.6) is 5.75 Å². The van der Waals surface area contributed by atoms with Crippen LogP contribution >= 0.6 is 0 Å². The summed E-state index contributed by atoms with van der Waals surface area (Å²) in [6, 6.07) is 15.3. The Balaban J connectivity index is 1.56. The van der Waals surface area contributed by atoms with E-state index in [0.29, 0.717) is 11.4 Å². The second-order valence-corrected chi connectivity index (χ2v) is 8.31. The summed E-state index contributed by atoms with van der Waals surface area (Å²) in [4.78, 5) is 27.7. The predicted molar refractivity (Wildman–Crippen MR) is 124 cm³/mol. The van der Waals surface area contributed by atoms with Gasteiger partial charge in [-0.25, -0.2) is 0 Å². The van der Waals surface area contributed by atoms with Crippen LogP contribution in [0.4, 0.5) is 24.5 Å². The van der Waals surface area contributed by atoms with Gasteiger partial charge < -0.3 is 10.1 Å². The molecule has 0 aromatic heterocycles. The number of ether oxygens (including phenoxy) is 1. The van der Waals surface area contributed by atoms with Crippen molar-refractivity contribution in [1.82, 2.24) is 4.90 Å². The second kappa shape index (κ2) is 9.34. The van der Waals surface area contributed by atoms with Crippen molar-refractivity contribution in [1.29, 1.82) is 0 Å². The van der Waals surface area contributed by atoms with Crippen LogP contribution in [0.2, 0.25) is 0 Å². The van der Waals surface area contributed by atoms with Crippen LogP contribution < -0.4 is 15.0 Å². The number of para-hydroxylation sites is 2. The average Bonchev–Trinajstić information content (AvgIpc) is 2.94. The number of alkyl halides is 3. The molecule has 4 rings (SSSR count). The van der Waals surface area contributed by atoms with E-state index in [2.05, 4.69) is 5.32 Å². The van der Waals surface area contributed by atoms with E-state index in [9.17, 15) is 22.8 Å². The summed E-state index contributed by atoms with van der Waals surface area (Å²) in [6.07, 6.45) is -5.62. The van der Waals surface area contributed by atoms with Crippen molar-refractivity contribution in [3.8, 4) is 5.75 Å². The standard InChI is InChI=1S/C25H24F3N3O3/c1-30(14-16-7-8-18-12-19(34-2)10-9-17(18)11-16)15-24(33)31-21-6-4-3-5-20(21)29-23(32)13-22(31)25(26,27)28/h3-12,22H,13-15H2,1-2H3,(H,29,32). The molecular weight excluding hydrogens is 447 g/mol. The van der Waals surface area contributed by atoms with E-state index < -0.39 is 30.5 Å². The highest BCUT2D eigenvalue weighted by molar-refractivity contribution is 6.05. The largest absolute Gasteiger partial charge is 0.497 e. The third-order valence-corrected chi connectivity index (χ3v) is 5.74. The lowest BCUT2D eigenvalue weighted by Crippen LogP contribution is -2.52. The van der Waals surface area contributed by atoms with Gasteiger partial charge in [0.1, 0.15) is 11.8 Å². The van der Waals surface area contributed by atoms with Gasteiger partial charge in [-0.05, 0) is 53.7 Å². The molecule has 0 saturated heterocycles. The zero-order valence-corrected chi connectivity index (χ0v) is 18.7. The number of nitrogens with one attached hydrogen (secondary N) is 1. The first kappa shape index (κ1) is 23.6. The Hall–Kier alpha value is -3.59. The molecule has 0 spiro atoms. The number of nitrogens with zero attached hydrogens (tertiary/aromatic N) is 2. The molecule has 1 unspecified atom stereocenters. The third kappa shape index (κ3) is 4.99. The van der Waals surface area contributed by atoms with Gasteiger partial charge in [0.05, 0.1) is 31.5 Å². The fourth-order valence-corrected chi connectivity index (χ4v) is 4.17. The number of carbonyl (C=O) groups is 2. The number of amides is 2. The van der Waals surface area contributed by atoms with Crippen molar-refractivity contribution in [2.45, 2.75) is 25.2 Å². The third-order valence-electron chi connectivity index (χ3n) is 5.74. The van der Waals surface area contributed by atoms with Gasteiger partial charge in [0, 0.05) is 6.54 Å². The molecule has 178 valence electrons. The molecule has 9 heteroatoms. The average molecular weight is 471 g/mol. The maximum absolute atomic E-state index is 13.9. The number of anilines is 2. The number of hydrogen-bond donors (Lipinski definition) is 1. The molecule has 0 aliphatic carbocycles. The monoisotopic (exact) mass is 471 g/mol. The van der Waals surface area contributed by atoms with Crippen LogP contribution in [0.25, 0.3) is 10.8 Å². The number of likely N-dealkylation sites (N-methyl/N-ethyl adjacent to an activating group) is 1. The van der Waals surface area contributed by atoms with Crippen LogP contribution in [-0.2, 0) is 16.1 Å². The molecule has 0 saturated carbocycles. The van der Waals surface area contributed by atoms with E-state index in [4.69, 9.17) is 4.74 Å². The highest BCUT2D eigenvalue weighted by atomic mass is 19.4. The van der Waals surface area contributed by atoms with E-state index in [0.717, 1.165) is 22.1 Å². The summed E-state index contributed by atoms with van der Waals surface area (Å²) in [6.45, 7) is 0.104. The minimum atomic E-state index is -4.76. The normalized spacial score (nSPS) is 16.2. The number of fused-ring (bicyclic) bond motifs is 2. The van der Waals surface area contributed by atoms with Crippen molar-refractivity contribution in [2.75, 3.05) is 30.9 Å². The topological polar surface area (TPSA) is 61.9 Å². The van der Waals surface area contributed by atoms with Gasteiger partial charge in [-0.3, -0.25) is 19.4 Å². The van der Waals surface area contributed by atoms with Gasteiger partial charge in [-0.1, -0.05) is 30.3 Å². The summed E-state index contributed by atoms with van der Waals surface area (Å²) in [5, 5.41) is 4.45. The van der Waals surface area contributed by atoms with E-state index >= 15 is 0 Å². The summed E-state index contributed by atoms with van der Waals surface area (Å²) in [5.41, 5.74) is 1.13. The van der Waals surface area contributed by atoms with Gasteiger partial charge >= 0.3 is 6.18 Å². The Morgan fingerprint density at radius 2 is 1.82 bits per heavy atom. The molecule has 1 N–H and O–H groups in total. The molecule has 1 heterocycles. The fraction of sp³-hybridized carbons (Fsp3) is 0.280. The summed E-state index contributed by atoms with van der Waals surface area (Å²) in [5.74, 6) is -0.779. The fourth-order valence-electron chi connectivity index (χ4n) is 4.17. The Bertz CT molecular complexity index is 1230. The van der Waals surface area contributed by atoms with E-state index in [1.165, 1.54) is 18.2 Å². The molecule has 6 nitrogen and oxygen atoms in total. The second-order valence-electron chi connectivity index (χ2n) is 8.31. The molecule has 2 amide bonds. The minimum absolute atomic E-state index is 0.0359. The maximum Gasteiger partial charge on any atom is 0.409 e. The van der Waals surface area contributed by atoms with Crippen LogP contribution in [0.15, 0.2) is 60.7 Å². The van der Waals surface area contributed by atoms with E-state index in [-0.39, 0.29) is 17.9 Å². The Morgan fingerprint density at radius 3 is 2.56 bits per heavy atom. The zero-order valence-electron chi connectivity index (χ0n) is 18.7. The number of rotatable bonds is 5. The molecule has 0 fully saturated rings. The highest BCUT2D eigenvalue weighted by Crippen LogP contribution is 2.37. The Morgan fingerprint density at radius 1 is 1.12 bits per heavy atom. The highest BCUT2D eigenvalue weighted by Gasteiger charge is 2.49. The number of carbonyl (C=O) groups excluding carboxylic acids is 2. The minimum Gasteiger partial charge on any atom is -0.497 e. The van der Waals surface area contributed by atoms with Crippen LogP contribution in [0, 0.1) is 0 Å². The van der Waals surface area contributed by atoms with Crippen molar-refractivity contribution in [2.24, 2.45) is 0 Å². The lowest BCUT2D eigenvalue weighted by atomic mass is 10.1. The molecule has 1 atom stereocenters. The lowest BCUT2D eigenvalue weighted by Gasteiger charge is -2.33. The molecular formula is C25H24F3N3O3. The van der Waals surface area contributed by atoms with Crippen molar-refractivity contribution in [3.63, 3.8) is 0 Å². The first-order valence-corrected chi connectivity index (χ1v) is 10.7. The van der Waals surface area contributed by atoms with E-state index in [1.807, 2.05) is 36.4 Å². The Kier molecular flexibility index (Phi) is 6.47. The smallest absolute Gasteiger partial charge is 0.409 e. The maximum atomic E-state index is 13.9. The number of hydrogen-bond acceptors (Lipinski definition) is 4. The Labute approximate surface area is 194 Å². The first-order valence-electron chi connectivity index (χ1n) is 10.7. The van der Waals surface area contributed by atoms with Gasteiger partial charge in [0.2, 0.25) is 11.8 Å². The summed E-state index contributed by atoms with van der Waals surface area (Å²) >= 11 is 0. The molecule has 1 aliphatic heterocycles. The SMILES string of the molecule is COc1ccc2cc(CN(C)CC(=O)N3c4ccccc4NC(=O)CC3C(F)(F)F)ccc2c1. The molecule has 0 radical (unpaired) electrons. The van der Waals surface area contributed by atoms with Gasteiger partial charge in [0.15, 0.2) is 0 Å². The summed E-state index contributed by atoms with van der Waals surface area (Å²) in [7, 11) is 3.27. The number of methoxy groups -OCH3 is 1. The number of benzene rings is 3. The van der Waals surface area contributed by atoms with E-state index in [1.54, 1.807) is 25.1 Å². The lowest BCUT2D eigenvalue weighted by molar-refractivity contribution is -0.158. The van der Waals surface area contributed by atoms with Crippen molar-refractivity contribution >= 4 is 34.0 Å². The van der Waals surface area contributed by atoms with Crippen molar-refractivity contribution < 1.29 is 27.5 Å². The van der Waals surface area contributed by atoms with Gasteiger partial charge in [-0.15, -0.1) is 0 Å². The van der Waals surface area contributed by atoms with Gasteiger partial charge in [-0.2, -0.15) is 13.2 Å². The zero-order chi connectivity index (χ0) is 24.5. The first-order chi connectivity index (χ1) is 16.2. The quantitative estimate of drug-likeness (QED) is 0.592. The van der Waals surface area contributed by atoms with Crippen molar-refractivity contribution in [3.05, 3.63) is 66.2 Å². The molecule has 3 aromatic carbocycles. The molecule has 3 aromatic rings.